The third-order valence-electron chi connectivity index (χ3n) is 1.95. The first-order chi connectivity index (χ1) is 7.45. The van der Waals surface area contributed by atoms with Gasteiger partial charge in [-0.25, -0.2) is 4.79 Å². The van der Waals surface area contributed by atoms with Gasteiger partial charge >= 0.3 is 16.4 Å². The smallest absolute Gasteiger partial charge is 0.280 e. The molecule has 0 atom stereocenters. The number of carbonyl (C=O) groups excluding carboxylic acids is 1. The molecule has 0 aliphatic rings. The minimum atomic E-state index is -4.70. The molecule has 16 heavy (non-hydrogen) atoms. The Kier molecular flexibility index (Phi) is 8.14. The normalized spacial score (nSPS) is 11.4. The van der Waals surface area contributed by atoms with E-state index in [2.05, 4.69) is 16.1 Å². The van der Waals surface area contributed by atoms with Crippen LogP contribution in [0.25, 0.3) is 0 Å². The average Bonchev–Trinajstić information content (AvgIpc) is 2.19. The monoisotopic (exact) mass is 254 g/mol. The summed E-state index contributed by atoms with van der Waals surface area (Å²) in [5, 5.41) is 0. The fraction of sp³-hybridized carbons (Fsp3) is 0.889. The summed E-state index contributed by atoms with van der Waals surface area (Å²) in [6, 6.07) is 0. The summed E-state index contributed by atoms with van der Waals surface area (Å²) in [5.41, 5.74) is 0. The Labute approximate surface area is 95.8 Å². The second kappa shape index (κ2) is 8.49. The molecule has 1 N–H and O–H groups in total. The van der Waals surface area contributed by atoms with Crippen LogP contribution in [0, 0.1) is 0 Å². The molecule has 0 unspecified atom stereocenters. The predicted octanol–water partition coefficient (Wildman–Crippen LogP) is 2.01. The third kappa shape index (κ3) is 11.4. The van der Waals surface area contributed by atoms with Gasteiger partial charge in [-0.3, -0.25) is 9.44 Å². The van der Waals surface area contributed by atoms with Gasteiger partial charge < -0.3 is 0 Å². The molecule has 0 aromatic rings. The van der Waals surface area contributed by atoms with Crippen molar-refractivity contribution in [3.63, 3.8) is 0 Å². The van der Waals surface area contributed by atoms with Crippen LogP contribution in [0.3, 0.4) is 0 Å². The molecule has 0 aliphatic carbocycles. The summed E-state index contributed by atoms with van der Waals surface area (Å²) in [6.45, 7) is 2.12. The van der Waals surface area contributed by atoms with Crippen molar-refractivity contribution in [2.75, 3.05) is 0 Å². The Hall–Kier alpha value is -0.660. The molecule has 6 nitrogen and oxygen atoms in total. The van der Waals surface area contributed by atoms with Crippen molar-refractivity contribution < 1.29 is 27.0 Å². The van der Waals surface area contributed by atoms with Crippen molar-refractivity contribution in [3.05, 3.63) is 0 Å². The number of unbranched alkanes of at least 4 members (excludes halogenated alkanes) is 5. The van der Waals surface area contributed by atoms with Crippen LogP contribution >= 0.6 is 0 Å². The predicted molar refractivity (Wildman–Crippen MR) is 56.7 cm³/mol. The van der Waals surface area contributed by atoms with E-state index < -0.39 is 16.4 Å². The van der Waals surface area contributed by atoms with Crippen molar-refractivity contribution in [2.24, 2.45) is 0 Å². The second-order valence-electron chi connectivity index (χ2n) is 3.47. The minimum absolute atomic E-state index is 0.0850. The fourth-order valence-electron chi connectivity index (χ4n) is 1.17. The molecule has 0 aromatic heterocycles. The maximum Gasteiger partial charge on any atom is 0.432 e. The summed E-state index contributed by atoms with van der Waals surface area (Å²) in [7, 11) is -4.70. The van der Waals surface area contributed by atoms with E-state index in [-0.39, 0.29) is 6.42 Å². The molecule has 0 aromatic carbocycles. The molecule has 0 fully saturated rings. The lowest BCUT2D eigenvalue weighted by molar-refractivity contribution is -0.214. The summed E-state index contributed by atoms with van der Waals surface area (Å²) < 4.78 is 31.7. The lowest BCUT2D eigenvalue weighted by atomic mass is 10.1. The molecule has 0 heterocycles. The number of hydrogen-bond acceptors (Lipinski definition) is 5. The van der Waals surface area contributed by atoms with Gasteiger partial charge in [-0.1, -0.05) is 39.0 Å². The summed E-state index contributed by atoms with van der Waals surface area (Å²) in [4.78, 5) is 14.7. The second-order valence-corrected chi connectivity index (χ2v) is 4.46. The van der Waals surface area contributed by atoms with Gasteiger partial charge in [-0.15, -0.1) is 0 Å². The number of carbonyl (C=O) groups is 1. The molecule has 0 aliphatic heterocycles. The Balaban J connectivity index is 3.38. The van der Waals surface area contributed by atoms with Crippen molar-refractivity contribution >= 4 is 16.4 Å². The average molecular weight is 254 g/mol. The van der Waals surface area contributed by atoms with Gasteiger partial charge in [0.05, 0.1) is 0 Å². The largest absolute Gasteiger partial charge is 0.432 e. The summed E-state index contributed by atoms with van der Waals surface area (Å²) in [5.74, 6) is -0.798. The maximum absolute atomic E-state index is 10.9. The first-order valence-electron chi connectivity index (χ1n) is 5.32. The Morgan fingerprint density at radius 1 is 1.12 bits per heavy atom. The fourth-order valence-corrected chi connectivity index (χ4v) is 1.33. The van der Waals surface area contributed by atoms with E-state index in [0.29, 0.717) is 6.42 Å². The molecule has 0 rings (SSSR count). The van der Waals surface area contributed by atoms with Gasteiger partial charge in [-0.2, -0.15) is 8.42 Å². The van der Waals surface area contributed by atoms with Crippen LogP contribution in [0.1, 0.15) is 51.9 Å². The SMILES string of the molecule is CCCCCCCCC(=O)OOS(=O)(=O)O. The topological polar surface area (TPSA) is 89.9 Å². The molecule has 0 amide bonds. The van der Waals surface area contributed by atoms with E-state index in [0.717, 1.165) is 25.7 Å². The Bertz CT molecular complexity index is 284. The Morgan fingerprint density at radius 2 is 1.69 bits per heavy atom. The maximum atomic E-state index is 10.9. The van der Waals surface area contributed by atoms with Crippen molar-refractivity contribution in [1.29, 1.82) is 0 Å². The standard InChI is InChI=1S/C9H18O6S/c1-2-3-4-5-6-7-8-9(10)14-15-16(11,12)13/h2-8H2,1H3,(H,11,12,13). The molecule has 0 radical (unpaired) electrons. The van der Waals surface area contributed by atoms with Crippen LogP contribution in [-0.2, 0) is 24.4 Å². The lowest BCUT2D eigenvalue weighted by Crippen LogP contribution is -2.10. The Morgan fingerprint density at radius 3 is 2.25 bits per heavy atom. The zero-order chi connectivity index (χ0) is 12.4. The highest BCUT2D eigenvalue weighted by Crippen LogP contribution is 2.07. The van der Waals surface area contributed by atoms with Crippen LogP contribution in [-0.4, -0.2) is 18.9 Å². The van der Waals surface area contributed by atoms with E-state index >= 15 is 0 Å². The molecular weight excluding hydrogens is 236 g/mol. The first-order valence-corrected chi connectivity index (χ1v) is 6.68. The van der Waals surface area contributed by atoms with E-state index in [9.17, 15) is 13.2 Å². The molecule has 96 valence electrons. The third-order valence-corrected chi connectivity index (χ3v) is 2.19. The van der Waals surface area contributed by atoms with Crippen LogP contribution in [0.4, 0.5) is 0 Å². The van der Waals surface area contributed by atoms with Crippen molar-refractivity contribution in [3.8, 4) is 0 Å². The molecule has 0 saturated heterocycles. The van der Waals surface area contributed by atoms with Gasteiger partial charge in [0.1, 0.15) is 0 Å². The van der Waals surface area contributed by atoms with Crippen LogP contribution in [0.5, 0.6) is 0 Å². The highest BCUT2D eigenvalue weighted by molar-refractivity contribution is 7.80. The highest BCUT2D eigenvalue weighted by atomic mass is 32.3. The van der Waals surface area contributed by atoms with Gasteiger partial charge in [0.15, 0.2) is 0 Å². The molecule has 7 heteroatoms. The van der Waals surface area contributed by atoms with Crippen LogP contribution in [0.2, 0.25) is 0 Å². The zero-order valence-electron chi connectivity index (χ0n) is 9.35. The number of rotatable bonds is 9. The minimum Gasteiger partial charge on any atom is -0.280 e. The van der Waals surface area contributed by atoms with E-state index in [4.69, 9.17) is 4.55 Å². The molecule has 0 saturated carbocycles. The van der Waals surface area contributed by atoms with E-state index in [1.165, 1.54) is 6.42 Å². The molecule has 0 bridgehead atoms. The highest BCUT2D eigenvalue weighted by Gasteiger charge is 2.11. The number of hydrogen-bond donors (Lipinski definition) is 1. The van der Waals surface area contributed by atoms with Gasteiger partial charge in [-0.05, 0) is 10.8 Å². The van der Waals surface area contributed by atoms with Crippen molar-refractivity contribution in [2.45, 2.75) is 51.9 Å². The van der Waals surface area contributed by atoms with Crippen molar-refractivity contribution in [1.82, 2.24) is 0 Å². The van der Waals surface area contributed by atoms with E-state index in [1.807, 2.05) is 0 Å². The van der Waals surface area contributed by atoms with Gasteiger partial charge in [0.2, 0.25) is 0 Å². The lowest BCUT2D eigenvalue weighted by Gasteiger charge is -2.00. The van der Waals surface area contributed by atoms with Crippen LogP contribution < -0.4 is 0 Å². The molecular formula is C9H18O6S. The quantitative estimate of drug-likeness (QED) is 0.293. The summed E-state index contributed by atoms with van der Waals surface area (Å²) >= 11 is 0. The van der Waals surface area contributed by atoms with Crippen LogP contribution in [0.15, 0.2) is 0 Å². The molecule has 0 spiro atoms. The van der Waals surface area contributed by atoms with Gasteiger partial charge in [0, 0.05) is 6.42 Å². The van der Waals surface area contributed by atoms with E-state index in [1.54, 1.807) is 0 Å². The van der Waals surface area contributed by atoms with Gasteiger partial charge in [0.25, 0.3) is 0 Å². The first kappa shape index (κ1) is 15.3. The zero-order valence-corrected chi connectivity index (χ0v) is 10.2. The summed E-state index contributed by atoms with van der Waals surface area (Å²) in [6.07, 6.45) is 6.11.